The van der Waals surface area contributed by atoms with Gasteiger partial charge < -0.3 is 16.2 Å². The number of halogens is 1. The Morgan fingerprint density at radius 2 is 1.85 bits per heavy atom. The molecular weight excluding hydrogens is 263 g/mol. The number of hydrogen-bond acceptors (Lipinski definition) is 3. The lowest BCUT2D eigenvalue weighted by Gasteiger charge is -2.08. The number of benzene rings is 2. The van der Waals surface area contributed by atoms with Crippen LogP contribution in [0.4, 0.5) is 15.8 Å². The lowest BCUT2D eigenvalue weighted by atomic mass is 10.1. The summed E-state index contributed by atoms with van der Waals surface area (Å²) in [6, 6.07) is 9.52. The van der Waals surface area contributed by atoms with Gasteiger partial charge in [0.1, 0.15) is 5.82 Å². The minimum absolute atomic E-state index is 0.0315. The van der Waals surface area contributed by atoms with Gasteiger partial charge in [-0.15, -0.1) is 0 Å². The number of carbonyl (C=O) groups excluding carboxylic acids is 1. The van der Waals surface area contributed by atoms with E-state index in [9.17, 15) is 14.0 Å². The van der Waals surface area contributed by atoms with Crippen molar-refractivity contribution >= 4 is 23.3 Å². The Morgan fingerprint density at radius 1 is 1.15 bits per heavy atom. The smallest absolute Gasteiger partial charge is 0.337 e. The molecule has 102 valence electrons. The van der Waals surface area contributed by atoms with E-state index in [4.69, 9.17) is 10.8 Å². The molecule has 0 spiro atoms. The topological polar surface area (TPSA) is 92.4 Å². The van der Waals surface area contributed by atoms with Crippen molar-refractivity contribution in [1.82, 2.24) is 0 Å². The fraction of sp³-hybridized carbons (Fsp3) is 0. The summed E-state index contributed by atoms with van der Waals surface area (Å²) in [6.45, 7) is 0. The molecule has 5 nitrogen and oxygen atoms in total. The predicted molar refractivity (Wildman–Crippen MR) is 72.2 cm³/mol. The van der Waals surface area contributed by atoms with E-state index in [1.165, 1.54) is 24.3 Å². The molecule has 0 bridgehead atoms. The first-order valence-corrected chi connectivity index (χ1v) is 5.67. The van der Waals surface area contributed by atoms with Gasteiger partial charge in [0.25, 0.3) is 5.91 Å². The number of hydrogen-bond donors (Lipinski definition) is 3. The van der Waals surface area contributed by atoms with Gasteiger partial charge in [-0.3, -0.25) is 4.79 Å². The highest BCUT2D eigenvalue weighted by atomic mass is 19.1. The van der Waals surface area contributed by atoms with Crippen LogP contribution in [0.5, 0.6) is 0 Å². The van der Waals surface area contributed by atoms with Crippen molar-refractivity contribution in [2.24, 2.45) is 0 Å². The Hall–Kier alpha value is -2.89. The molecule has 20 heavy (non-hydrogen) atoms. The Balaban J connectivity index is 2.28. The van der Waals surface area contributed by atoms with Crippen LogP contribution in [0, 0.1) is 5.82 Å². The molecule has 2 aromatic rings. The highest BCUT2D eigenvalue weighted by Crippen LogP contribution is 2.18. The molecule has 2 aromatic carbocycles. The zero-order chi connectivity index (χ0) is 14.7. The van der Waals surface area contributed by atoms with Gasteiger partial charge in [-0.2, -0.15) is 0 Å². The molecule has 0 aliphatic heterocycles. The Bertz CT molecular complexity index is 686. The van der Waals surface area contributed by atoms with Crippen LogP contribution in [0.25, 0.3) is 0 Å². The summed E-state index contributed by atoms with van der Waals surface area (Å²) in [4.78, 5) is 23.0. The van der Waals surface area contributed by atoms with E-state index in [0.717, 1.165) is 6.07 Å². The van der Waals surface area contributed by atoms with E-state index in [1.54, 1.807) is 12.1 Å². The van der Waals surface area contributed by atoms with Crippen LogP contribution in [0.15, 0.2) is 42.5 Å². The van der Waals surface area contributed by atoms with Crippen LogP contribution < -0.4 is 11.1 Å². The van der Waals surface area contributed by atoms with Crippen molar-refractivity contribution in [1.29, 1.82) is 0 Å². The molecule has 0 aromatic heterocycles. The van der Waals surface area contributed by atoms with E-state index >= 15 is 0 Å². The lowest BCUT2D eigenvalue weighted by molar-refractivity contribution is 0.0698. The standard InChI is InChI=1S/C14H11FN2O3/c15-10-6-5-8(7-11(10)16)13(18)17-12-4-2-1-3-9(12)14(19)20/h1-7H,16H2,(H,17,18)(H,19,20). The molecule has 0 heterocycles. The molecular formula is C14H11FN2O3. The summed E-state index contributed by atoms with van der Waals surface area (Å²) in [7, 11) is 0. The average Bonchev–Trinajstić information content (AvgIpc) is 2.42. The van der Waals surface area contributed by atoms with E-state index in [1.807, 2.05) is 0 Å². The van der Waals surface area contributed by atoms with Crippen LogP contribution >= 0.6 is 0 Å². The summed E-state index contributed by atoms with van der Waals surface area (Å²) in [5.41, 5.74) is 5.50. The van der Waals surface area contributed by atoms with Gasteiger partial charge in [0.2, 0.25) is 0 Å². The van der Waals surface area contributed by atoms with Crippen LogP contribution in [0.1, 0.15) is 20.7 Å². The zero-order valence-electron chi connectivity index (χ0n) is 10.3. The van der Waals surface area contributed by atoms with Gasteiger partial charge in [0.05, 0.1) is 16.9 Å². The maximum absolute atomic E-state index is 13.0. The van der Waals surface area contributed by atoms with Gasteiger partial charge in [-0.25, -0.2) is 9.18 Å². The second-order valence-electron chi connectivity index (χ2n) is 4.04. The number of rotatable bonds is 3. The molecule has 6 heteroatoms. The predicted octanol–water partition coefficient (Wildman–Crippen LogP) is 2.36. The van der Waals surface area contributed by atoms with Gasteiger partial charge in [-0.1, -0.05) is 12.1 Å². The minimum atomic E-state index is -1.15. The van der Waals surface area contributed by atoms with Crippen LogP contribution in [-0.4, -0.2) is 17.0 Å². The molecule has 0 fully saturated rings. The van der Waals surface area contributed by atoms with Crippen molar-refractivity contribution in [3.63, 3.8) is 0 Å². The average molecular weight is 274 g/mol. The number of anilines is 2. The number of carboxylic acids is 1. The monoisotopic (exact) mass is 274 g/mol. The molecule has 0 aliphatic carbocycles. The first-order chi connectivity index (χ1) is 9.49. The van der Waals surface area contributed by atoms with E-state index in [2.05, 4.69) is 5.32 Å². The maximum Gasteiger partial charge on any atom is 0.337 e. The Morgan fingerprint density at radius 3 is 2.50 bits per heavy atom. The van der Waals surface area contributed by atoms with E-state index < -0.39 is 17.7 Å². The number of para-hydroxylation sites is 1. The third kappa shape index (κ3) is 2.74. The quantitative estimate of drug-likeness (QED) is 0.749. The lowest BCUT2D eigenvalue weighted by Crippen LogP contribution is -2.15. The molecule has 0 radical (unpaired) electrons. The number of nitrogens with one attached hydrogen (secondary N) is 1. The fourth-order valence-corrected chi connectivity index (χ4v) is 1.66. The van der Waals surface area contributed by atoms with Crippen LogP contribution in [0.3, 0.4) is 0 Å². The largest absolute Gasteiger partial charge is 0.478 e. The molecule has 0 saturated heterocycles. The summed E-state index contributed by atoms with van der Waals surface area (Å²) < 4.78 is 13.0. The normalized spacial score (nSPS) is 10.1. The Kier molecular flexibility index (Phi) is 3.65. The molecule has 0 saturated carbocycles. The van der Waals surface area contributed by atoms with Crippen molar-refractivity contribution in [3.8, 4) is 0 Å². The molecule has 0 aliphatic rings. The van der Waals surface area contributed by atoms with Crippen LogP contribution in [-0.2, 0) is 0 Å². The van der Waals surface area contributed by atoms with Gasteiger partial charge in [0.15, 0.2) is 0 Å². The summed E-state index contributed by atoms with van der Waals surface area (Å²) in [5, 5.41) is 11.5. The molecule has 4 N–H and O–H groups in total. The van der Waals surface area contributed by atoms with Crippen molar-refractivity contribution in [2.45, 2.75) is 0 Å². The van der Waals surface area contributed by atoms with Gasteiger partial charge >= 0.3 is 5.97 Å². The molecule has 1 amide bonds. The van der Waals surface area contributed by atoms with Crippen molar-refractivity contribution < 1.29 is 19.1 Å². The number of aromatic carboxylic acids is 1. The number of nitrogen functional groups attached to an aromatic ring is 1. The highest BCUT2D eigenvalue weighted by molar-refractivity contribution is 6.08. The van der Waals surface area contributed by atoms with Crippen molar-refractivity contribution in [3.05, 3.63) is 59.4 Å². The third-order valence-electron chi connectivity index (χ3n) is 2.66. The van der Waals surface area contributed by atoms with Gasteiger partial charge in [0, 0.05) is 5.56 Å². The first kappa shape index (κ1) is 13.5. The maximum atomic E-state index is 13.0. The summed E-state index contributed by atoms with van der Waals surface area (Å²) >= 11 is 0. The second-order valence-corrected chi connectivity index (χ2v) is 4.04. The van der Waals surface area contributed by atoms with Crippen molar-refractivity contribution in [2.75, 3.05) is 11.1 Å². The number of nitrogens with two attached hydrogens (primary N) is 1. The number of carboxylic acid groups (broad SMARTS) is 1. The summed E-state index contributed by atoms with van der Waals surface area (Å²) in [6.07, 6.45) is 0. The van der Waals surface area contributed by atoms with Crippen LogP contribution in [0.2, 0.25) is 0 Å². The van der Waals surface area contributed by atoms with Gasteiger partial charge in [-0.05, 0) is 30.3 Å². The first-order valence-electron chi connectivity index (χ1n) is 5.67. The molecule has 2 rings (SSSR count). The minimum Gasteiger partial charge on any atom is -0.478 e. The Labute approximate surface area is 113 Å². The second kappa shape index (κ2) is 5.40. The number of carbonyl (C=O) groups is 2. The zero-order valence-corrected chi connectivity index (χ0v) is 10.3. The molecule has 0 unspecified atom stereocenters. The number of amides is 1. The highest BCUT2D eigenvalue weighted by Gasteiger charge is 2.13. The van der Waals surface area contributed by atoms with E-state index in [-0.39, 0.29) is 22.5 Å². The molecule has 0 atom stereocenters. The summed E-state index contributed by atoms with van der Waals surface area (Å²) in [5.74, 6) is -2.34. The third-order valence-corrected chi connectivity index (χ3v) is 2.66. The van der Waals surface area contributed by atoms with E-state index in [0.29, 0.717) is 0 Å². The SMILES string of the molecule is Nc1cc(C(=O)Nc2ccccc2C(=O)O)ccc1F. The fourth-order valence-electron chi connectivity index (χ4n) is 1.66.